The average Bonchev–Trinajstić information content (AvgIpc) is 3.12. The molecule has 0 saturated carbocycles. The van der Waals surface area contributed by atoms with E-state index in [0.717, 1.165) is 12.7 Å². The number of halogens is 13. The third-order valence-corrected chi connectivity index (χ3v) is 6.67. The van der Waals surface area contributed by atoms with Gasteiger partial charge in [-0.05, 0) is 68.4 Å². The van der Waals surface area contributed by atoms with E-state index in [1.807, 2.05) is 6.92 Å². The van der Waals surface area contributed by atoms with Gasteiger partial charge in [-0.15, -0.1) is 6.42 Å². The topological polar surface area (TPSA) is 20.2 Å². The highest BCUT2D eigenvalue weighted by Gasteiger charge is 2.25. The fourth-order valence-electron chi connectivity index (χ4n) is 4.08. The molecule has 14 heteroatoms. The van der Waals surface area contributed by atoms with Crippen LogP contribution >= 0.6 is 0 Å². The van der Waals surface area contributed by atoms with Crippen LogP contribution in [0.15, 0.2) is 24.3 Å². The normalized spacial score (nSPS) is 10.1. The predicted molar refractivity (Wildman–Crippen MR) is 168 cm³/mol. The fraction of sp³-hybridized carbons (Fsp3) is 0.243. The second kappa shape index (κ2) is 21.0. The van der Waals surface area contributed by atoms with E-state index in [1.54, 1.807) is 32.9 Å². The van der Waals surface area contributed by atoms with Gasteiger partial charge in [-0.25, -0.2) is 57.1 Å². The molecule has 51 heavy (non-hydrogen) atoms. The number of aryl methyl sites for hydroxylation is 1. The molecule has 0 aromatic heterocycles. The van der Waals surface area contributed by atoms with E-state index in [4.69, 9.17) is 5.11 Å². The van der Waals surface area contributed by atoms with Gasteiger partial charge in [-0.1, -0.05) is 51.3 Å². The van der Waals surface area contributed by atoms with Crippen LogP contribution in [-0.2, 0) is 12.8 Å². The summed E-state index contributed by atoms with van der Waals surface area (Å²) >= 11 is 0. The molecule has 0 heterocycles. The molecule has 4 aromatic carbocycles. The van der Waals surface area contributed by atoms with Crippen molar-refractivity contribution in [2.45, 2.75) is 53.4 Å². The van der Waals surface area contributed by atoms with E-state index >= 15 is 0 Å². The first-order chi connectivity index (χ1) is 23.7. The maximum absolute atomic E-state index is 13.5. The van der Waals surface area contributed by atoms with Gasteiger partial charge >= 0.3 is 0 Å². The molecular weight excluding hydrogens is 707 g/mol. The van der Waals surface area contributed by atoms with Crippen LogP contribution in [0.5, 0.6) is 0 Å². The molecule has 4 aromatic rings. The van der Waals surface area contributed by atoms with Crippen molar-refractivity contribution >= 4 is 0 Å². The highest BCUT2D eigenvalue weighted by molar-refractivity contribution is 5.42. The summed E-state index contributed by atoms with van der Waals surface area (Å²) in [6.45, 7) is 14.9. The molecular formula is C37H33F13O. The maximum atomic E-state index is 13.5. The molecule has 0 unspecified atom stereocenters. The lowest BCUT2D eigenvalue weighted by Crippen LogP contribution is -2.08. The summed E-state index contributed by atoms with van der Waals surface area (Å²) in [4.78, 5) is 0. The van der Waals surface area contributed by atoms with Gasteiger partial charge in [0.05, 0.1) is 0 Å². The molecule has 0 atom stereocenters. The Morgan fingerprint density at radius 2 is 0.902 bits per heavy atom. The first-order valence-corrected chi connectivity index (χ1v) is 14.5. The second-order valence-corrected chi connectivity index (χ2v) is 10.3. The predicted octanol–water partition coefficient (Wildman–Crippen LogP) is 11.1. The minimum Gasteiger partial charge on any atom is -0.400 e. The Balaban J connectivity index is 0.000000654. The Morgan fingerprint density at radius 1 is 0.549 bits per heavy atom. The quantitative estimate of drug-likeness (QED) is 0.0960. The first-order valence-electron chi connectivity index (χ1n) is 14.5. The third-order valence-electron chi connectivity index (χ3n) is 6.67. The van der Waals surface area contributed by atoms with Crippen molar-refractivity contribution in [3.8, 4) is 12.3 Å². The van der Waals surface area contributed by atoms with Crippen molar-refractivity contribution in [1.82, 2.24) is 0 Å². The Bertz CT molecular complexity index is 1720. The molecule has 0 aliphatic carbocycles. The molecule has 0 fully saturated rings. The summed E-state index contributed by atoms with van der Waals surface area (Å²) in [5.41, 5.74) is -0.930. The van der Waals surface area contributed by atoms with E-state index in [1.165, 1.54) is 25.0 Å². The second-order valence-electron chi connectivity index (χ2n) is 10.3. The number of terminal acetylenes is 1. The summed E-state index contributed by atoms with van der Waals surface area (Å²) in [7, 11) is 1.00. The number of benzene rings is 4. The highest BCUT2D eigenvalue weighted by atomic mass is 19.2. The van der Waals surface area contributed by atoms with Crippen LogP contribution < -0.4 is 0 Å². The van der Waals surface area contributed by atoms with Gasteiger partial charge in [0.25, 0.3) is 0 Å². The number of aliphatic hydroxyl groups excluding tert-OH is 1. The van der Waals surface area contributed by atoms with E-state index in [9.17, 15) is 57.1 Å². The van der Waals surface area contributed by atoms with E-state index in [0.29, 0.717) is 12.0 Å². The van der Waals surface area contributed by atoms with Gasteiger partial charge in [-0.2, -0.15) is 0 Å². The fourth-order valence-corrected chi connectivity index (χ4v) is 4.08. The van der Waals surface area contributed by atoms with E-state index < -0.39 is 86.5 Å². The van der Waals surface area contributed by atoms with Gasteiger partial charge in [0, 0.05) is 18.2 Å². The third kappa shape index (κ3) is 11.2. The molecule has 1 nitrogen and oxygen atoms in total. The van der Waals surface area contributed by atoms with Gasteiger partial charge in [-0.3, -0.25) is 0 Å². The molecule has 0 bridgehead atoms. The molecule has 0 aliphatic heterocycles. The molecule has 0 aliphatic rings. The van der Waals surface area contributed by atoms with E-state index in [-0.39, 0.29) is 29.3 Å². The minimum absolute atomic E-state index is 0.0277. The number of rotatable bonds is 3. The monoisotopic (exact) mass is 740 g/mol. The van der Waals surface area contributed by atoms with Gasteiger partial charge in [0.15, 0.2) is 64.0 Å². The summed E-state index contributed by atoms with van der Waals surface area (Å²) < 4.78 is 165. The van der Waals surface area contributed by atoms with Crippen LogP contribution in [0, 0.1) is 109 Å². The smallest absolute Gasteiger partial charge is 0.200 e. The van der Waals surface area contributed by atoms with Gasteiger partial charge in [0.1, 0.15) is 11.4 Å². The first kappa shape index (κ1) is 46.5. The van der Waals surface area contributed by atoms with Crippen LogP contribution in [-0.4, -0.2) is 12.2 Å². The Hall–Kier alpha value is -4.51. The van der Waals surface area contributed by atoms with Crippen molar-refractivity contribution in [1.29, 1.82) is 0 Å². The summed E-state index contributed by atoms with van der Waals surface area (Å²) in [5.74, 6) is -18.5. The van der Waals surface area contributed by atoms with Crippen molar-refractivity contribution in [3.63, 3.8) is 0 Å². The van der Waals surface area contributed by atoms with Gasteiger partial charge < -0.3 is 5.11 Å². The number of hydrogen-bond acceptors (Lipinski definition) is 1. The summed E-state index contributed by atoms with van der Waals surface area (Å²) in [5, 5.41) is 7.00. The maximum Gasteiger partial charge on any atom is 0.200 e. The van der Waals surface area contributed by atoms with Crippen LogP contribution in [0.2, 0.25) is 0 Å². The molecule has 0 saturated heterocycles. The Kier molecular flexibility index (Phi) is 19.1. The number of hydrogen-bond donors (Lipinski definition) is 1. The minimum atomic E-state index is -2.21. The Morgan fingerprint density at radius 3 is 1.24 bits per heavy atom. The molecule has 0 amide bonds. The lowest BCUT2D eigenvalue weighted by atomic mass is 9.91. The lowest BCUT2D eigenvalue weighted by Gasteiger charge is -2.16. The van der Waals surface area contributed by atoms with Crippen molar-refractivity contribution < 1.29 is 62.2 Å². The molecule has 1 N–H and O–H groups in total. The SMILES string of the molecule is C#Cc1c(F)c(F)c(F)c(F)c1F.CO.Cc1ccc(F)cc1.[CH2]c1c(F)c(F)c(CC)c(F)c1F.[CH2]c1c(F)c(F)c(F)c(C(C)C)c1CC. The number of aliphatic hydroxyl groups is 1. The zero-order valence-corrected chi connectivity index (χ0v) is 28.2. The highest BCUT2D eigenvalue weighted by Crippen LogP contribution is 2.30. The van der Waals surface area contributed by atoms with E-state index in [2.05, 4.69) is 20.3 Å². The molecule has 4 rings (SSSR count). The molecule has 0 spiro atoms. The van der Waals surface area contributed by atoms with Crippen molar-refractivity contribution in [2.24, 2.45) is 0 Å². The van der Waals surface area contributed by atoms with Crippen molar-refractivity contribution in [2.75, 3.05) is 7.11 Å². The Labute approximate surface area is 287 Å². The summed E-state index contributed by atoms with van der Waals surface area (Å²) in [6, 6.07) is 6.40. The van der Waals surface area contributed by atoms with Crippen LogP contribution in [0.4, 0.5) is 57.1 Å². The van der Waals surface area contributed by atoms with Crippen LogP contribution in [0.25, 0.3) is 0 Å². The standard InChI is InChI=1S/C12H14F3.C9H7F4.C8HF5.C7H7F.CH4O/c1-5-8-7(4)10(13)12(15)11(14)9(8)6(2)3;1-3-5-8(12)6(10)4(2)7(11)9(5)13;1-2-3-4(9)6(11)8(13)7(12)5(3)10;1-6-2-4-7(8)5-3-6;1-2/h6H,4-5H2,1-3H3;2-3H2,1H3;1H;2-5H,1H3;2H,1H3. The molecule has 2 radical (unpaired) electrons. The van der Waals surface area contributed by atoms with Crippen molar-refractivity contribution in [3.05, 3.63) is 153 Å². The van der Waals surface area contributed by atoms with Crippen LogP contribution in [0.1, 0.15) is 72.6 Å². The van der Waals surface area contributed by atoms with Gasteiger partial charge in [0.2, 0.25) is 5.82 Å². The largest absolute Gasteiger partial charge is 0.400 e. The molecule has 278 valence electrons. The lowest BCUT2D eigenvalue weighted by molar-refractivity contribution is 0.376. The average molecular weight is 741 g/mol. The zero-order valence-electron chi connectivity index (χ0n) is 28.2. The summed E-state index contributed by atoms with van der Waals surface area (Å²) in [6.07, 6.45) is 4.89. The van der Waals surface area contributed by atoms with Crippen LogP contribution in [0.3, 0.4) is 0 Å². The zero-order chi connectivity index (χ0) is 40.1.